The van der Waals surface area contributed by atoms with Gasteiger partial charge in [0, 0.05) is 25.2 Å². The SMILES string of the molecule is OCC1CCCN1CC1CCCN1CC1CCC1. The molecule has 2 unspecified atom stereocenters. The molecule has 0 spiro atoms. The zero-order chi connectivity index (χ0) is 12.4. The first-order valence-corrected chi connectivity index (χ1v) is 7.96. The van der Waals surface area contributed by atoms with Crippen molar-refractivity contribution in [3.05, 3.63) is 0 Å². The van der Waals surface area contributed by atoms with Crippen molar-refractivity contribution in [1.29, 1.82) is 0 Å². The average molecular weight is 252 g/mol. The first-order chi connectivity index (χ1) is 8.86. The standard InChI is InChI=1S/C15H28N2O/c18-12-15-7-3-9-17(15)11-14-6-2-8-16(14)10-13-4-1-5-13/h13-15,18H,1-12H2. The van der Waals surface area contributed by atoms with Crippen LogP contribution in [0, 0.1) is 5.92 Å². The number of aliphatic hydroxyl groups excluding tert-OH is 1. The van der Waals surface area contributed by atoms with E-state index in [-0.39, 0.29) is 0 Å². The summed E-state index contributed by atoms with van der Waals surface area (Å²) >= 11 is 0. The van der Waals surface area contributed by atoms with Crippen LogP contribution in [0.15, 0.2) is 0 Å². The van der Waals surface area contributed by atoms with Gasteiger partial charge in [-0.3, -0.25) is 9.80 Å². The Hall–Kier alpha value is -0.120. The summed E-state index contributed by atoms with van der Waals surface area (Å²) in [6.45, 7) is 5.44. The van der Waals surface area contributed by atoms with Crippen molar-refractivity contribution in [3.8, 4) is 0 Å². The Kier molecular flexibility index (Phi) is 4.22. The summed E-state index contributed by atoms with van der Waals surface area (Å²) in [6, 6.07) is 1.23. The molecule has 3 rings (SSSR count). The number of nitrogens with zero attached hydrogens (tertiary/aromatic N) is 2. The highest BCUT2D eigenvalue weighted by Crippen LogP contribution is 2.30. The predicted octanol–water partition coefficient (Wildman–Crippen LogP) is 1.71. The third-order valence-electron chi connectivity index (χ3n) is 5.37. The van der Waals surface area contributed by atoms with Gasteiger partial charge in [0.25, 0.3) is 0 Å². The summed E-state index contributed by atoms with van der Waals surface area (Å²) in [5.41, 5.74) is 0. The van der Waals surface area contributed by atoms with Gasteiger partial charge in [-0.1, -0.05) is 6.42 Å². The van der Waals surface area contributed by atoms with E-state index < -0.39 is 0 Å². The van der Waals surface area contributed by atoms with E-state index in [0.29, 0.717) is 12.6 Å². The average Bonchev–Trinajstić information content (AvgIpc) is 2.93. The van der Waals surface area contributed by atoms with Crippen molar-refractivity contribution in [1.82, 2.24) is 9.80 Å². The van der Waals surface area contributed by atoms with Crippen LogP contribution in [0.5, 0.6) is 0 Å². The van der Waals surface area contributed by atoms with Crippen LogP contribution >= 0.6 is 0 Å². The second kappa shape index (κ2) is 5.89. The normalized spacial score (nSPS) is 35.2. The maximum atomic E-state index is 9.41. The van der Waals surface area contributed by atoms with Gasteiger partial charge in [-0.2, -0.15) is 0 Å². The van der Waals surface area contributed by atoms with Crippen LogP contribution in [0.1, 0.15) is 44.9 Å². The van der Waals surface area contributed by atoms with Crippen LogP contribution in [0.4, 0.5) is 0 Å². The van der Waals surface area contributed by atoms with Crippen molar-refractivity contribution in [2.75, 3.05) is 32.8 Å². The van der Waals surface area contributed by atoms with Crippen LogP contribution in [-0.4, -0.2) is 59.8 Å². The van der Waals surface area contributed by atoms with Gasteiger partial charge in [0.2, 0.25) is 0 Å². The molecule has 18 heavy (non-hydrogen) atoms. The second-order valence-corrected chi connectivity index (χ2v) is 6.56. The molecule has 2 atom stereocenters. The number of hydrogen-bond donors (Lipinski definition) is 1. The minimum Gasteiger partial charge on any atom is -0.395 e. The second-order valence-electron chi connectivity index (χ2n) is 6.56. The minimum absolute atomic E-state index is 0.356. The Balaban J connectivity index is 1.50. The summed E-state index contributed by atoms with van der Waals surface area (Å²) in [7, 11) is 0. The number of likely N-dealkylation sites (tertiary alicyclic amines) is 2. The molecular weight excluding hydrogens is 224 g/mol. The highest BCUT2D eigenvalue weighted by atomic mass is 16.3. The molecule has 0 amide bonds. The molecular formula is C15H28N2O. The smallest absolute Gasteiger partial charge is 0.0586 e. The largest absolute Gasteiger partial charge is 0.395 e. The fraction of sp³-hybridized carbons (Fsp3) is 1.00. The monoisotopic (exact) mass is 252 g/mol. The van der Waals surface area contributed by atoms with E-state index >= 15 is 0 Å². The molecule has 0 aromatic heterocycles. The Morgan fingerprint density at radius 1 is 0.778 bits per heavy atom. The summed E-state index contributed by atoms with van der Waals surface area (Å²) < 4.78 is 0. The molecule has 3 fully saturated rings. The van der Waals surface area contributed by atoms with Gasteiger partial charge < -0.3 is 5.11 Å². The van der Waals surface area contributed by atoms with Crippen LogP contribution in [-0.2, 0) is 0 Å². The molecule has 1 saturated carbocycles. The van der Waals surface area contributed by atoms with Crippen LogP contribution in [0.3, 0.4) is 0 Å². The zero-order valence-electron chi connectivity index (χ0n) is 11.6. The summed E-state index contributed by atoms with van der Waals surface area (Å²) in [5, 5.41) is 9.41. The molecule has 3 heteroatoms. The zero-order valence-corrected chi connectivity index (χ0v) is 11.6. The van der Waals surface area contributed by atoms with Gasteiger partial charge >= 0.3 is 0 Å². The van der Waals surface area contributed by atoms with E-state index in [4.69, 9.17) is 0 Å². The van der Waals surface area contributed by atoms with Crippen molar-refractivity contribution >= 4 is 0 Å². The van der Waals surface area contributed by atoms with E-state index in [1.54, 1.807) is 0 Å². The predicted molar refractivity (Wildman–Crippen MR) is 73.6 cm³/mol. The fourth-order valence-electron chi connectivity index (χ4n) is 3.96. The van der Waals surface area contributed by atoms with Gasteiger partial charge in [-0.15, -0.1) is 0 Å². The van der Waals surface area contributed by atoms with Gasteiger partial charge in [0.1, 0.15) is 0 Å². The molecule has 1 aliphatic carbocycles. The van der Waals surface area contributed by atoms with Gasteiger partial charge in [0.05, 0.1) is 6.61 Å². The lowest BCUT2D eigenvalue weighted by Gasteiger charge is -2.35. The summed E-state index contributed by atoms with van der Waals surface area (Å²) in [5.74, 6) is 0.998. The molecule has 3 nitrogen and oxygen atoms in total. The maximum absolute atomic E-state index is 9.41. The third kappa shape index (κ3) is 2.73. The highest BCUT2D eigenvalue weighted by molar-refractivity contribution is 4.88. The lowest BCUT2D eigenvalue weighted by Crippen LogP contribution is -2.45. The Morgan fingerprint density at radius 2 is 1.44 bits per heavy atom. The summed E-state index contributed by atoms with van der Waals surface area (Å²) in [4.78, 5) is 5.29. The number of hydrogen-bond acceptors (Lipinski definition) is 3. The molecule has 2 aliphatic heterocycles. The molecule has 0 radical (unpaired) electrons. The first kappa shape index (κ1) is 12.9. The molecule has 104 valence electrons. The van der Waals surface area contributed by atoms with E-state index in [1.165, 1.54) is 71.1 Å². The number of aliphatic hydroxyl groups is 1. The summed E-state index contributed by atoms with van der Waals surface area (Å²) in [6.07, 6.45) is 9.63. The van der Waals surface area contributed by atoms with Gasteiger partial charge in [0.15, 0.2) is 0 Å². The number of rotatable bonds is 5. The van der Waals surface area contributed by atoms with Gasteiger partial charge in [-0.25, -0.2) is 0 Å². The third-order valence-corrected chi connectivity index (χ3v) is 5.37. The van der Waals surface area contributed by atoms with Crippen LogP contribution < -0.4 is 0 Å². The van der Waals surface area contributed by atoms with Crippen molar-refractivity contribution in [3.63, 3.8) is 0 Å². The topological polar surface area (TPSA) is 26.7 Å². The van der Waals surface area contributed by atoms with E-state index in [2.05, 4.69) is 9.80 Å². The highest BCUT2D eigenvalue weighted by Gasteiger charge is 2.32. The van der Waals surface area contributed by atoms with Crippen molar-refractivity contribution in [2.45, 2.75) is 57.0 Å². The maximum Gasteiger partial charge on any atom is 0.0586 e. The van der Waals surface area contributed by atoms with Crippen molar-refractivity contribution < 1.29 is 5.11 Å². The minimum atomic E-state index is 0.356. The van der Waals surface area contributed by atoms with Crippen molar-refractivity contribution in [2.24, 2.45) is 5.92 Å². The van der Waals surface area contributed by atoms with Crippen LogP contribution in [0.25, 0.3) is 0 Å². The van der Waals surface area contributed by atoms with E-state index in [9.17, 15) is 5.11 Å². The Bertz CT molecular complexity index is 267. The Morgan fingerprint density at radius 3 is 2.06 bits per heavy atom. The molecule has 1 N–H and O–H groups in total. The fourth-order valence-corrected chi connectivity index (χ4v) is 3.96. The van der Waals surface area contributed by atoms with Crippen LogP contribution in [0.2, 0.25) is 0 Å². The first-order valence-electron chi connectivity index (χ1n) is 7.96. The quantitative estimate of drug-likeness (QED) is 0.807. The molecule has 3 aliphatic rings. The molecule has 0 aromatic carbocycles. The molecule has 0 bridgehead atoms. The molecule has 0 aromatic rings. The van der Waals surface area contributed by atoms with Gasteiger partial charge in [-0.05, 0) is 57.5 Å². The van der Waals surface area contributed by atoms with E-state index in [1.807, 2.05) is 0 Å². The van der Waals surface area contributed by atoms with E-state index in [0.717, 1.165) is 12.0 Å². The molecule has 2 saturated heterocycles. The molecule has 2 heterocycles. The lowest BCUT2D eigenvalue weighted by molar-refractivity contribution is 0.105. The Labute approximate surface area is 111 Å². The lowest BCUT2D eigenvalue weighted by atomic mass is 9.85.